The van der Waals surface area contributed by atoms with Crippen molar-refractivity contribution in [1.29, 1.82) is 0 Å². The topological polar surface area (TPSA) is 0 Å². The summed E-state index contributed by atoms with van der Waals surface area (Å²) in [5.41, 5.74) is 3.25. The summed E-state index contributed by atoms with van der Waals surface area (Å²) in [6.45, 7) is 2.06. The zero-order valence-electron chi connectivity index (χ0n) is 12.0. The zero-order chi connectivity index (χ0) is 15.5. The van der Waals surface area contributed by atoms with E-state index in [1.54, 1.807) is 23.9 Å². The van der Waals surface area contributed by atoms with Gasteiger partial charge in [-0.3, -0.25) is 0 Å². The van der Waals surface area contributed by atoms with E-state index in [0.29, 0.717) is 0 Å². The predicted molar refractivity (Wildman–Crippen MR) is 92.1 cm³/mol. The van der Waals surface area contributed by atoms with Crippen molar-refractivity contribution in [2.24, 2.45) is 0 Å². The molecule has 3 rings (SSSR count). The van der Waals surface area contributed by atoms with Gasteiger partial charge in [-0.1, -0.05) is 53.7 Å². The number of rotatable bonds is 3. The highest BCUT2D eigenvalue weighted by Crippen LogP contribution is 2.35. The zero-order valence-corrected chi connectivity index (χ0v) is 13.6. The summed E-state index contributed by atoms with van der Waals surface area (Å²) in [6.07, 6.45) is 0. The Morgan fingerprint density at radius 1 is 0.864 bits per heavy atom. The minimum atomic E-state index is -0.220. The van der Waals surface area contributed by atoms with Crippen LogP contribution in [0.1, 0.15) is 5.56 Å². The normalized spacial score (nSPS) is 10.7. The lowest BCUT2D eigenvalue weighted by Crippen LogP contribution is -1.84. The van der Waals surface area contributed by atoms with Crippen LogP contribution >= 0.6 is 23.4 Å². The van der Waals surface area contributed by atoms with Gasteiger partial charge in [-0.05, 0) is 60.0 Å². The van der Waals surface area contributed by atoms with Gasteiger partial charge in [0.15, 0.2) is 0 Å². The van der Waals surface area contributed by atoms with Crippen LogP contribution in [0, 0.1) is 12.7 Å². The summed E-state index contributed by atoms with van der Waals surface area (Å²) in [6, 6.07) is 20.7. The Kier molecular flexibility index (Phi) is 4.51. The van der Waals surface area contributed by atoms with Crippen molar-refractivity contribution in [1.82, 2.24) is 0 Å². The van der Waals surface area contributed by atoms with Gasteiger partial charge >= 0.3 is 0 Å². The lowest BCUT2D eigenvalue weighted by atomic mass is 10.0. The average Bonchev–Trinajstić information content (AvgIpc) is 2.50. The fourth-order valence-electron chi connectivity index (χ4n) is 2.27. The Morgan fingerprint density at radius 3 is 2.32 bits per heavy atom. The third-order valence-corrected chi connectivity index (χ3v) is 4.78. The summed E-state index contributed by atoms with van der Waals surface area (Å²) >= 11 is 7.86. The van der Waals surface area contributed by atoms with E-state index in [9.17, 15) is 4.39 Å². The fraction of sp³-hybridized carbons (Fsp3) is 0.0526. The van der Waals surface area contributed by atoms with Crippen molar-refractivity contribution in [2.45, 2.75) is 16.7 Å². The first-order valence-electron chi connectivity index (χ1n) is 6.92. The van der Waals surface area contributed by atoms with E-state index in [4.69, 9.17) is 11.6 Å². The molecule has 0 amide bonds. The van der Waals surface area contributed by atoms with E-state index >= 15 is 0 Å². The smallest absolute Gasteiger partial charge is 0.123 e. The molecule has 110 valence electrons. The Labute approximate surface area is 139 Å². The summed E-state index contributed by atoms with van der Waals surface area (Å²) in [5.74, 6) is -0.220. The third kappa shape index (κ3) is 3.52. The molecule has 0 aliphatic heterocycles. The van der Waals surface area contributed by atoms with Gasteiger partial charge in [0.25, 0.3) is 0 Å². The number of hydrogen-bond donors (Lipinski definition) is 0. The fourth-order valence-corrected chi connectivity index (χ4v) is 3.52. The lowest BCUT2D eigenvalue weighted by molar-refractivity contribution is 0.628. The minimum absolute atomic E-state index is 0.220. The Bertz CT molecular complexity index is 797. The van der Waals surface area contributed by atoms with Crippen LogP contribution in [0.25, 0.3) is 11.1 Å². The second-order valence-corrected chi connectivity index (χ2v) is 6.60. The van der Waals surface area contributed by atoms with E-state index in [-0.39, 0.29) is 5.82 Å². The molecular weight excluding hydrogens is 315 g/mol. The summed E-state index contributed by atoms with van der Waals surface area (Å²) in [5, 5.41) is 0.748. The number of hydrogen-bond acceptors (Lipinski definition) is 1. The van der Waals surface area contributed by atoms with E-state index < -0.39 is 0 Å². The molecule has 0 radical (unpaired) electrons. The molecule has 0 unspecified atom stereocenters. The van der Waals surface area contributed by atoms with Crippen LogP contribution in [0.5, 0.6) is 0 Å². The predicted octanol–water partition coefficient (Wildman–Crippen LogP) is 6.61. The van der Waals surface area contributed by atoms with Crippen molar-refractivity contribution >= 4 is 23.4 Å². The van der Waals surface area contributed by atoms with E-state index in [1.807, 2.05) is 24.3 Å². The van der Waals surface area contributed by atoms with Crippen molar-refractivity contribution in [2.75, 3.05) is 0 Å². The first-order valence-corrected chi connectivity index (χ1v) is 8.11. The molecule has 0 heterocycles. The van der Waals surface area contributed by atoms with E-state index in [2.05, 4.69) is 25.1 Å². The molecule has 0 bridgehead atoms. The molecule has 0 aliphatic rings. The monoisotopic (exact) mass is 328 g/mol. The third-order valence-electron chi connectivity index (χ3n) is 3.29. The van der Waals surface area contributed by atoms with Crippen molar-refractivity contribution < 1.29 is 4.39 Å². The molecule has 0 spiro atoms. The van der Waals surface area contributed by atoms with Crippen LogP contribution in [0.2, 0.25) is 5.02 Å². The number of halogens is 2. The molecule has 3 heteroatoms. The maximum absolute atomic E-state index is 13.1. The molecule has 0 fully saturated rings. The van der Waals surface area contributed by atoms with Gasteiger partial charge < -0.3 is 0 Å². The molecule has 0 aliphatic carbocycles. The maximum Gasteiger partial charge on any atom is 0.123 e. The van der Waals surface area contributed by atoms with Gasteiger partial charge in [-0.25, -0.2) is 4.39 Å². The van der Waals surface area contributed by atoms with Crippen LogP contribution < -0.4 is 0 Å². The van der Waals surface area contributed by atoms with Gasteiger partial charge in [-0.15, -0.1) is 0 Å². The lowest BCUT2D eigenvalue weighted by Gasteiger charge is -2.09. The van der Waals surface area contributed by atoms with Crippen molar-refractivity contribution in [3.05, 3.63) is 83.1 Å². The number of aryl methyl sites for hydroxylation is 1. The molecule has 0 nitrogen and oxygen atoms in total. The van der Waals surface area contributed by atoms with Crippen molar-refractivity contribution in [3.63, 3.8) is 0 Å². The highest BCUT2D eigenvalue weighted by atomic mass is 35.5. The largest absolute Gasteiger partial charge is 0.207 e. The van der Waals surface area contributed by atoms with Crippen LogP contribution in [0.4, 0.5) is 4.39 Å². The molecule has 22 heavy (non-hydrogen) atoms. The minimum Gasteiger partial charge on any atom is -0.207 e. The van der Waals surface area contributed by atoms with Crippen LogP contribution in [-0.2, 0) is 0 Å². The average molecular weight is 329 g/mol. The molecule has 0 saturated carbocycles. The van der Waals surface area contributed by atoms with Gasteiger partial charge in [-0.2, -0.15) is 0 Å². The first kappa shape index (κ1) is 15.1. The van der Waals surface area contributed by atoms with Gasteiger partial charge in [0.2, 0.25) is 0 Å². The summed E-state index contributed by atoms with van der Waals surface area (Å²) < 4.78 is 13.1. The second-order valence-electron chi connectivity index (χ2n) is 5.07. The van der Waals surface area contributed by atoms with Crippen LogP contribution in [0.15, 0.2) is 76.5 Å². The molecule has 0 N–H and O–H groups in total. The highest BCUT2D eigenvalue weighted by molar-refractivity contribution is 7.99. The van der Waals surface area contributed by atoms with Crippen molar-refractivity contribution in [3.8, 4) is 11.1 Å². The molecule has 0 saturated heterocycles. The first-order chi connectivity index (χ1) is 10.6. The second kappa shape index (κ2) is 6.55. The number of benzene rings is 3. The SMILES string of the molecule is Cc1cc(Sc2ccccc2Cl)cc(-c2ccc(F)cc2)c1. The van der Waals surface area contributed by atoms with E-state index in [0.717, 1.165) is 31.5 Å². The Balaban J connectivity index is 1.96. The molecular formula is C19H14ClFS. The van der Waals surface area contributed by atoms with E-state index in [1.165, 1.54) is 12.1 Å². The Hall–Kier alpha value is -1.77. The Morgan fingerprint density at radius 2 is 1.59 bits per heavy atom. The molecule has 0 atom stereocenters. The van der Waals surface area contributed by atoms with Gasteiger partial charge in [0, 0.05) is 9.79 Å². The highest BCUT2D eigenvalue weighted by Gasteiger charge is 2.06. The van der Waals surface area contributed by atoms with Gasteiger partial charge in [0.05, 0.1) is 5.02 Å². The maximum atomic E-state index is 13.1. The molecule has 3 aromatic carbocycles. The van der Waals surface area contributed by atoms with Crippen LogP contribution in [0.3, 0.4) is 0 Å². The molecule has 3 aromatic rings. The standard InChI is InChI=1S/C19H14ClFS/c1-13-10-15(14-6-8-16(21)9-7-14)12-17(11-13)22-19-5-3-2-4-18(19)20/h2-12H,1H3. The quantitative estimate of drug-likeness (QED) is 0.521. The van der Waals surface area contributed by atoms with Gasteiger partial charge in [0.1, 0.15) is 5.82 Å². The molecule has 0 aromatic heterocycles. The summed E-state index contributed by atoms with van der Waals surface area (Å²) in [7, 11) is 0. The summed E-state index contributed by atoms with van der Waals surface area (Å²) in [4.78, 5) is 2.15. The van der Waals surface area contributed by atoms with Crippen LogP contribution in [-0.4, -0.2) is 0 Å².